The fraction of sp³-hybridized carbons (Fsp3) is 0.316. The van der Waals surface area contributed by atoms with Gasteiger partial charge in [0.05, 0.1) is 11.9 Å². The lowest BCUT2D eigenvalue weighted by atomic mass is 10.1. The minimum Gasteiger partial charge on any atom is -0.454 e. The molecule has 0 saturated carbocycles. The first-order chi connectivity index (χ1) is 13.3. The summed E-state index contributed by atoms with van der Waals surface area (Å²) >= 11 is 0. The number of benzene rings is 2. The third-order valence-corrected chi connectivity index (χ3v) is 5.32. The van der Waals surface area contributed by atoms with Crippen LogP contribution in [0.15, 0.2) is 47.4 Å². The van der Waals surface area contributed by atoms with Gasteiger partial charge in [0.1, 0.15) is 6.54 Å². The molecule has 1 unspecified atom stereocenters. The van der Waals surface area contributed by atoms with E-state index in [1.807, 2.05) is 25.2 Å². The van der Waals surface area contributed by atoms with E-state index in [1.165, 1.54) is 12.1 Å². The molecule has 1 heterocycles. The van der Waals surface area contributed by atoms with Gasteiger partial charge in [0.15, 0.2) is 18.0 Å². The van der Waals surface area contributed by atoms with Crippen LogP contribution in [0.1, 0.15) is 11.1 Å². The molecule has 1 aliphatic heterocycles. The second-order valence-electron chi connectivity index (χ2n) is 6.79. The van der Waals surface area contributed by atoms with Gasteiger partial charge in [0, 0.05) is 12.1 Å². The minimum atomic E-state index is -3.68. The summed E-state index contributed by atoms with van der Waals surface area (Å²) in [6, 6.07) is 12.1. The first-order valence-electron chi connectivity index (χ1n) is 8.89. The lowest BCUT2D eigenvalue weighted by Crippen LogP contribution is -3.08. The van der Waals surface area contributed by atoms with Crippen molar-refractivity contribution in [2.75, 3.05) is 26.9 Å². The highest BCUT2D eigenvalue weighted by Gasteiger charge is 2.16. The molecule has 1 amide bonds. The Morgan fingerprint density at radius 1 is 1.11 bits per heavy atom. The lowest BCUT2D eigenvalue weighted by molar-refractivity contribution is -0.885. The molecule has 1 aliphatic rings. The van der Waals surface area contributed by atoms with Crippen LogP contribution in [0.3, 0.4) is 0 Å². The van der Waals surface area contributed by atoms with E-state index in [9.17, 15) is 13.2 Å². The zero-order chi connectivity index (χ0) is 20.1. The second kappa shape index (κ2) is 8.59. The third-order valence-electron chi connectivity index (χ3n) is 4.39. The molecular formula is C19H24N3O5S+. The van der Waals surface area contributed by atoms with E-state index in [-0.39, 0.29) is 17.6 Å². The van der Waals surface area contributed by atoms with E-state index in [0.29, 0.717) is 26.1 Å². The number of nitrogens with one attached hydrogen (secondary N) is 2. The number of carbonyl (C=O) groups is 1. The van der Waals surface area contributed by atoms with Gasteiger partial charge >= 0.3 is 0 Å². The topological polar surface area (TPSA) is 112 Å². The normalized spacial score (nSPS) is 13.9. The molecule has 8 nitrogen and oxygen atoms in total. The molecule has 28 heavy (non-hydrogen) atoms. The fourth-order valence-electron chi connectivity index (χ4n) is 2.99. The Kier molecular flexibility index (Phi) is 6.18. The van der Waals surface area contributed by atoms with E-state index >= 15 is 0 Å². The summed E-state index contributed by atoms with van der Waals surface area (Å²) in [6.45, 7) is 1.76. The van der Waals surface area contributed by atoms with Crippen LogP contribution < -0.4 is 24.8 Å². The highest BCUT2D eigenvalue weighted by Crippen LogP contribution is 2.32. The number of nitrogens with two attached hydrogens (primary N) is 1. The van der Waals surface area contributed by atoms with E-state index in [4.69, 9.17) is 14.6 Å². The number of quaternary nitrogens is 1. The zero-order valence-corrected chi connectivity index (χ0v) is 16.4. The molecule has 2 aromatic rings. The quantitative estimate of drug-likeness (QED) is 0.544. The molecule has 0 bridgehead atoms. The molecular weight excluding hydrogens is 382 g/mol. The van der Waals surface area contributed by atoms with Gasteiger partial charge < -0.3 is 19.7 Å². The van der Waals surface area contributed by atoms with Crippen molar-refractivity contribution >= 4 is 15.9 Å². The van der Waals surface area contributed by atoms with E-state index in [0.717, 1.165) is 27.5 Å². The molecule has 0 aliphatic carbocycles. The minimum absolute atomic E-state index is 0.0422. The van der Waals surface area contributed by atoms with Crippen molar-refractivity contribution in [3.63, 3.8) is 0 Å². The third kappa shape index (κ3) is 5.44. The molecule has 150 valence electrons. The van der Waals surface area contributed by atoms with E-state index in [1.54, 1.807) is 12.1 Å². The Bertz CT molecular complexity index is 945. The summed E-state index contributed by atoms with van der Waals surface area (Å²) in [5, 5.41) is 7.96. The number of carbonyl (C=O) groups excluding carboxylic acids is 1. The number of amides is 1. The number of primary sulfonamides is 1. The van der Waals surface area contributed by atoms with Gasteiger partial charge in [-0.15, -0.1) is 0 Å². The molecule has 0 saturated heterocycles. The number of hydrogen-bond donors (Lipinski definition) is 3. The van der Waals surface area contributed by atoms with E-state index in [2.05, 4.69) is 5.32 Å². The van der Waals surface area contributed by atoms with E-state index < -0.39 is 10.0 Å². The van der Waals surface area contributed by atoms with Gasteiger partial charge in [-0.05, 0) is 42.3 Å². The van der Waals surface area contributed by atoms with Gasteiger partial charge in [-0.2, -0.15) is 0 Å². The monoisotopic (exact) mass is 406 g/mol. The predicted octanol–water partition coefficient (Wildman–Crippen LogP) is -0.564. The van der Waals surface area contributed by atoms with Crippen molar-refractivity contribution < 1.29 is 27.6 Å². The molecule has 3 rings (SSSR count). The summed E-state index contributed by atoms with van der Waals surface area (Å²) in [5.74, 6) is 1.44. The van der Waals surface area contributed by atoms with Gasteiger partial charge in [-0.1, -0.05) is 12.1 Å². The molecule has 0 spiro atoms. The Morgan fingerprint density at radius 3 is 2.50 bits per heavy atom. The van der Waals surface area contributed by atoms with Crippen LogP contribution in [-0.4, -0.2) is 41.3 Å². The Balaban J connectivity index is 1.41. The van der Waals surface area contributed by atoms with Crippen molar-refractivity contribution in [2.45, 2.75) is 17.9 Å². The van der Waals surface area contributed by atoms with Crippen LogP contribution in [0.5, 0.6) is 11.5 Å². The number of fused-ring (bicyclic) bond motifs is 1. The van der Waals surface area contributed by atoms with Crippen LogP contribution in [0.2, 0.25) is 0 Å². The number of rotatable bonds is 8. The maximum atomic E-state index is 12.1. The number of ether oxygens (including phenoxy) is 2. The van der Waals surface area contributed by atoms with Gasteiger partial charge in [0.25, 0.3) is 5.91 Å². The zero-order valence-electron chi connectivity index (χ0n) is 15.6. The number of hydrogen-bond acceptors (Lipinski definition) is 5. The van der Waals surface area contributed by atoms with Crippen molar-refractivity contribution in [3.8, 4) is 11.5 Å². The standard InChI is InChI=1S/C19H23N3O5S/c1-22(11-15-4-7-17-18(10-15)27-13-26-17)12-19(23)21-9-8-14-2-5-16(6-3-14)28(20,24)25/h2-7,10H,8-9,11-13H2,1H3,(H,21,23)(H2,20,24,25)/p+1. The highest BCUT2D eigenvalue weighted by atomic mass is 32.2. The summed E-state index contributed by atoms with van der Waals surface area (Å²) in [4.78, 5) is 13.3. The van der Waals surface area contributed by atoms with Crippen LogP contribution in [-0.2, 0) is 27.8 Å². The average molecular weight is 406 g/mol. The van der Waals surface area contributed by atoms with Crippen LogP contribution in [0, 0.1) is 0 Å². The van der Waals surface area contributed by atoms with Crippen molar-refractivity contribution in [1.29, 1.82) is 0 Å². The Labute approximate surface area is 164 Å². The summed E-state index contributed by atoms with van der Waals surface area (Å²) in [7, 11) is -1.73. The fourth-order valence-corrected chi connectivity index (χ4v) is 3.51. The highest BCUT2D eigenvalue weighted by molar-refractivity contribution is 7.89. The molecule has 4 N–H and O–H groups in total. The van der Waals surface area contributed by atoms with Gasteiger partial charge in [-0.3, -0.25) is 4.79 Å². The molecule has 0 fully saturated rings. The smallest absolute Gasteiger partial charge is 0.275 e. The largest absolute Gasteiger partial charge is 0.454 e. The molecule has 2 aromatic carbocycles. The Hall–Kier alpha value is -2.62. The number of sulfonamides is 1. The molecule has 9 heteroatoms. The lowest BCUT2D eigenvalue weighted by Gasteiger charge is -2.14. The molecule has 0 radical (unpaired) electrons. The second-order valence-corrected chi connectivity index (χ2v) is 8.35. The van der Waals surface area contributed by atoms with Crippen LogP contribution in [0.25, 0.3) is 0 Å². The van der Waals surface area contributed by atoms with Crippen molar-refractivity contribution in [2.24, 2.45) is 5.14 Å². The molecule has 1 atom stereocenters. The van der Waals surface area contributed by atoms with Crippen molar-refractivity contribution in [3.05, 3.63) is 53.6 Å². The van der Waals surface area contributed by atoms with Gasteiger partial charge in [0.2, 0.25) is 16.8 Å². The van der Waals surface area contributed by atoms with Crippen LogP contribution in [0.4, 0.5) is 0 Å². The average Bonchev–Trinajstić information content (AvgIpc) is 3.09. The van der Waals surface area contributed by atoms with Crippen LogP contribution >= 0.6 is 0 Å². The summed E-state index contributed by atoms with van der Waals surface area (Å²) in [5.41, 5.74) is 2.00. The SMILES string of the molecule is C[NH+](CC(=O)NCCc1ccc(S(N)(=O)=O)cc1)Cc1ccc2c(c1)OCO2. The van der Waals surface area contributed by atoms with Gasteiger partial charge in [-0.25, -0.2) is 13.6 Å². The Morgan fingerprint density at radius 2 is 1.79 bits per heavy atom. The summed E-state index contributed by atoms with van der Waals surface area (Å²) < 4.78 is 33.2. The molecule has 0 aromatic heterocycles. The first-order valence-corrected chi connectivity index (χ1v) is 10.4. The maximum Gasteiger partial charge on any atom is 0.275 e. The predicted molar refractivity (Wildman–Crippen MR) is 103 cm³/mol. The summed E-state index contributed by atoms with van der Waals surface area (Å²) in [6.07, 6.45) is 0.609. The van der Waals surface area contributed by atoms with Crippen molar-refractivity contribution in [1.82, 2.24) is 5.32 Å². The first kappa shape index (κ1) is 20.1. The number of likely N-dealkylation sites (N-methyl/N-ethyl adjacent to an activating group) is 1. The maximum absolute atomic E-state index is 12.1.